The van der Waals surface area contributed by atoms with Crippen LogP contribution in [-0.2, 0) is 0 Å². The summed E-state index contributed by atoms with van der Waals surface area (Å²) in [4.78, 5) is 0. The van der Waals surface area contributed by atoms with Gasteiger partial charge in [-0.2, -0.15) is 0 Å². The summed E-state index contributed by atoms with van der Waals surface area (Å²) in [6, 6.07) is 41.1. The minimum atomic E-state index is 0.915. The summed E-state index contributed by atoms with van der Waals surface area (Å²) in [5.74, 6) is 0. The standard InChI is InChI=1S/C46H32OS/c1-29-15-7-8-16-31(29)27-30(2)32-17-5-3-4-6-18-35(34-20-10-9-19-33(32)34)41-28-40-37(44-39-22-12-14-24-43(39)48-46(41)44)25-26-38-36-21-11-13-23-42(36)47-45(38)40/h5-28H,1-4H2/b17-5?,18-6+,31-27-,33-32?,35-34+. The van der Waals surface area contributed by atoms with Crippen molar-refractivity contribution in [2.45, 2.75) is 12.8 Å². The zero-order valence-electron chi connectivity index (χ0n) is 26.5. The largest absolute Gasteiger partial charge is 0.455 e. The second-order valence-corrected chi connectivity index (χ2v) is 13.5. The predicted octanol–water partition coefficient (Wildman–Crippen LogP) is 9.81. The normalized spacial score (nSPS) is 15.9. The van der Waals surface area contributed by atoms with E-state index in [4.69, 9.17) is 4.42 Å². The molecule has 228 valence electrons. The molecule has 2 heterocycles. The first-order valence-corrected chi connectivity index (χ1v) is 17.3. The van der Waals surface area contributed by atoms with Gasteiger partial charge in [-0.1, -0.05) is 128 Å². The fourth-order valence-electron chi connectivity index (χ4n) is 7.27. The summed E-state index contributed by atoms with van der Waals surface area (Å²) in [6.45, 7) is 8.87. The first-order valence-electron chi connectivity index (χ1n) is 16.5. The fraction of sp³-hybridized carbons (Fsp3) is 0.0435. The van der Waals surface area contributed by atoms with Gasteiger partial charge in [0.05, 0.1) is 0 Å². The van der Waals surface area contributed by atoms with Crippen molar-refractivity contribution in [1.82, 2.24) is 0 Å². The lowest BCUT2D eigenvalue weighted by Crippen LogP contribution is -2.29. The van der Waals surface area contributed by atoms with Gasteiger partial charge in [0.2, 0.25) is 0 Å². The summed E-state index contributed by atoms with van der Waals surface area (Å²) < 4.78 is 9.23. The lowest BCUT2D eigenvalue weighted by molar-refractivity contribution is 0.672. The highest BCUT2D eigenvalue weighted by Crippen LogP contribution is 2.45. The Morgan fingerprint density at radius 3 is 2.25 bits per heavy atom. The molecule has 0 saturated carbocycles. The summed E-state index contributed by atoms with van der Waals surface area (Å²) in [5, 5.41) is 11.6. The van der Waals surface area contributed by atoms with E-state index in [2.05, 4.69) is 141 Å². The minimum Gasteiger partial charge on any atom is -0.455 e. The second-order valence-electron chi connectivity index (χ2n) is 12.5. The number of fused-ring (bicyclic) bond motifs is 10. The van der Waals surface area contributed by atoms with Crippen LogP contribution >= 0.6 is 11.3 Å². The average Bonchev–Trinajstić information content (AvgIpc) is 3.70. The van der Waals surface area contributed by atoms with Crippen molar-refractivity contribution in [2.24, 2.45) is 0 Å². The maximum absolute atomic E-state index is 6.65. The molecule has 6 aromatic carbocycles. The Morgan fingerprint density at radius 1 is 0.667 bits per heavy atom. The predicted molar refractivity (Wildman–Crippen MR) is 208 cm³/mol. The third kappa shape index (κ3) is 4.60. The lowest BCUT2D eigenvalue weighted by atomic mass is 9.92. The SMILES string of the molecule is C=C(/C=c1/ccccc1=C)C1=c2cccc/c2=C(c2cc3c(ccc4c5ccccc5oc43)c3c2sc2ccccc23)/C=C/CCC=C1. The Labute approximate surface area is 282 Å². The van der Waals surface area contributed by atoms with E-state index in [-0.39, 0.29) is 0 Å². The molecule has 1 aliphatic carbocycles. The molecule has 0 radical (unpaired) electrons. The summed E-state index contributed by atoms with van der Waals surface area (Å²) in [6.07, 6.45) is 13.3. The van der Waals surface area contributed by atoms with E-state index in [1.807, 2.05) is 29.5 Å². The first-order chi connectivity index (χ1) is 23.7. The van der Waals surface area contributed by atoms with Crippen LogP contribution in [0.25, 0.3) is 76.7 Å². The van der Waals surface area contributed by atoms with Gasteiger partial charge in [0, 0.05) is 41.9 Å². The van der Waals surface area contributed by atoms with Crippen LogP contribution in [0.5, 0.6) is 0 Å². The second kappa shape index (κ2) is 11.5. The summed E-state index contributed by atoms with van der Waals surface area (Å²) in [7, 11) is 0. The number of hydrogen-bond donors (Lipinski definition) is 0. The number of rotatable bonds is 3. The molecule has 48 heavy (non-hydrogen) atoms. The highest BCUT2D eigenvalue weighted by molar-refractivity contribution is 7.26. The Hall–Kier alpha value is -5.70. The number of para-hydroxylation sites is 1. The molecular weight excluding hydrogens is 601 g/mol. The van der Waals surface area contributed by atoms with Crippen LogP contribution < -0.4 is 20.9 Å². The quantitative estimate of drug-likeness (QED) is 0.189. The van der Waals surface area contributed by atoms with Crippen LogP contribution in [0.4, 0.5) is 0 Å². The molecule has 0 amide bonds. The average molecular weight is 633 g/mol. The van der Waals surface area contributed by atoms with Crippen molar-refractivity contribution in [3.05, 3.63) is 178 Å². The highest BCUT2D eigenvalue weighted by Gasteiger charge is 2.19. The maximum atomic E-state index is 6.65. The molecule has 2 heteroatoms. The smallest absolute Gasteiger partial charge is 0.143 e. The Balaban J connectivity index is 1.46. The summed E-state index contributed by atoms with van der Waals surface area (Å²) in [5.41, 5.74) is 6.36. The van der Waals surface area contributed by atoms with E-state index in [1.165, 1.54) is 41.9 Å². The van der Waals surface area contributed by atoms with Gasteiger partial charge >= 0.3 is 0 Å². The number of hydrogen-bond acceptors (Lipinski definition) is 2. The third-order valence-corrected chi connectivity index (χ3v) is 10.8. The molecule has 0 spiro atoms. The Morgan fingerprint density at radius 2 is 1.38 bits per heavy atom. The fourth-order valence-corrected chi connectivity index (χ4v) is 8.51. The van der Waals surface area contributed by atoms with Gasteiger partial charge in [0.15, 0.2) is 0 Å². The number of allylic oxidation sites excluding steroid dienone is 5. The van der Waals surface area contributed by atoms with Crippen LogP contribution in [0, 0.1) is 0 Å². The van der Waals surface area contributed by atoms with Crippen LogP contribution in [0.15, 0.2) is 156 Å². The van der Waals surface area contributed by atoms with Crippen LogP contribution in [-0.4, -0.2) is 0 Å². The summed E-state index contributed by atoms with van der Waals surface area (Å²) >= 11 is 1.88. The van der Waals surface area contributed by atoms with Gasteiger partial charge in [-0.15, -0.1) is 11.3 Å². The molecule has 9 rings (SSSR count). The van der Waals surface area contributed by atoms with Crippen LogP contribution in [0.3, 0.4) is 0 Å². The van der Waals surface area contributed by atoms with Gasteiger partial charge < -0.3 is 4.42 Å². The first kappa shape index (κ1) is 28.5. The Bertz CT molecular complexity index is 2930. The lowest BCUT2D eigenvalue weighted by Gasteiger charge is -2.12. The molecule has 0 aliphatic heterocycles. The third-order valence-electron chi connectivity index (χ3n) is 9.58. The molecule has 0 bridgehead atoms. The van der Waals surface area contributed by atoms with Crippen molar-refractivity contribution in [2.75, 3.05) is 0 Å². The molecule has 0 atom stereocenters. The van der Waals surface area contributed by atoms with Gasteiger partial charge in [0.1, 0.15) is 11.2 Å². The zero-order valence-corrected chi connectivity index (χ0v) is 27.3. The van der Waals surface area contributed by atoms with E-state index >= 15 is 0 Å². The van der Waals surface area contributed by atoms with Crippen molar-refractivity contribution in [3.8, 4) is 0 Å². The molecular formula is C46H32OS. The molecule has 2 aromatic heterocycles. The molecule has 8 aromatic rings. The molecule has 0 N–H and O–H groups in total. The van der Waals surface area contributed by atoms with E-state index in [0.717, 1.165) is 67.0 Å². The highest BCUT2D eigenvalue weighted by atomic mass is 32.1. The molecule has 1 aliphatic rings. The van der Waals surface area contributed by atoms with Gasteiger partial charge in [-0.25, -0.2) is 0 Å². The number of benzene rings is 6. The van der Waals surface area contributed by atoms with Gasteiger partial charge in [-0.3, -0.25) is 0 Å². The van der Waals surface area contributed by atoms with E-state index < -0.39 is 0 Å². The minimum absolute atomic E-state index is 0.915. The molecule has 0 fully saturated rings. The van der Waals surface area contributed by atoms with Crippen molar-refractivity contribution in [3.63, 3.8) is 0 Å². The Kier molecular flexibility index (Phi) is 6.85. The zero-order chi connectivity index (χ0) is 32.2. The molecule has 0 unspecified atom stereocenters. The van der Waals surface area contributed by atoms with Crippen molar-refractivity contribution >= 4 is 88.0 Å². The van der Waals surface area contributed by atoms with E-state index in [0.29, 0.717) is 0 Å². The van der Waals surface area contributed by atoms with Gasteiger partial charge in [0.25, 0.3) is 0 Å². The number of thiophene rings is 1. The van der Waals surface area contributed by atoms with Crippen molar-refractivity contribution < 1.29 is 4.42 Å². The number of furan rings is 1. The van der Waals surface area contributed by atoms with Gasteiger partial charge in [-0.05, 0) is 86.2 Å². The molecule has 1 nitrogen and oxygen atoms in total. The van der Waals surface area contributed by atoms with Crippen molar-refractivity contribution in [1.29, 1.82) is 0 Å². The van der Waals surface area contributed by atoms with Crippen LogP contribution in [0.2, 0.25) is 0 Å². The monoisotopic (exact) mass is 632 g/mol. The van der Waals surface area contributed by atoms with Crippen LogP contribution in [0.1, 0.15) is 18.4 Å². The van der Waals surface area contributed by atoms with E-state index in [1.54, 1.807) is 0 Å². The van der Waals surface area contributed by atoms with E-state index in [9.17, 15) is 0 Å². The maximum Gasteiger partial charge on any atom is 0.143 e. The topological polar surface area (TPSA) is 13.1 Å². The molecule has 0 saturated heterocycles.